The van der Waals surface area contributed by atoms with Crippen molar-refractivity contribution in [2.24, 2.45) is 5.92 Å². The highest BCUT2D eigenvalue weighted by molar-refractivity contribution is 5.74. The van der Waals surface area contributed by atoms with Crippen LogP contribution in [-0.4, -0.2) is 24.4 Å². The summed E-state index contributed by atoms with van der Waals surface area (Å²) in [4.78, 5) is 17.3. The lowest BCUT2D eigenvalue weighted by atomic mass is 9.98. The van der Waals surface area contributed by atoms with Gasteiger partial charge in [0.25, 0.3) is 0 Å². The van der Waals surface area contributed by atoms with Gasteiger partial charge in [0.05, 0.1) is 0 Å². The topological polar surface area (TPSA) is 33.2 Å². The van der Waals surface area contributed by atoms with Crippen LogP contribution in [0, 0.1) is 5.92 Å². The zero-order valence-corrected chi connectivity index (χ0v) is 10.4. The van der Waals surface area contributed by atoms with Crippen LogP contribution in [0.3, 0.4) is 0 Å². The van der Waals surface area contributed by atoms with Crippen LogP contribution < -0.4 is 4.90 Å². The van der Waals surface area contributed by atoms with Crippen LogP contribution in [0.2, 0.25) is 0 Å². The lowest BCUT2D eigenvalue weighted by molar-refractivity contribution is 0.112. The number of anilines is 1. The van der Waals surface area contributed by atoms with Crippen LogP contribution in [-0.2, 0) is 0 Å². The Bertz CT molecular complexity index is 361. The van der Waals surface area contributed by atoms with Crippen molar-refractivity contribution in [3.05, 3.63) is 23.9 Å². The molecular formula is C14H20N2O. The van der Waals surface area contributed by atoms with Gasteiger partial charge in [0.2, 0.25) is 0 Å². The molecule has 0 saturated carbocycles. The second-order valence-corrected chi connectivity index (χ2v) is 4.76. The van der Waals surface area contributed by atoms with Crippen molar-refractivity contribution in [2.75, 3.05) is 18.0 Å². The number of hydrogen-bond donors (Lipinski definition) is 0. The Labute approximate surface area is 103 Å². The average Bonchev–Trinajstić information content (AvgIpc) is 2.64. The zero-order valence-electron chi connectivity index (χ0n) is 10.4. The lowest BCUT2D eigenvalue weighted by Crippen LogP contribution is -2.25. The highest BCUT2D eigenvalue weighted by Crippen LogP contribution is 2.23. The summed E-state index contributed by atoms with van der Waals surface area (Å²) in [5, 5.41) is 0. The molecule has 0 spiro atoms. The minimum absolute atomic E-state index is 0.648. The third-order valence-corrected chi connectivity index (χ3v) is 3.66. The minimum atomic E-state index is 0.648. The fourth-order valence-corrected chi connectivity index (χ4v) is 2.46. The molecule has 1 fully saturated rings. The lowest BCUT2D eigenvalue weighted by Gasteiger charge is -2.21. The van der Waals surface area contributed by atoms with Gasteiger partial charge in [0.1, 0.15) is 5.82 Å². The normalized spacial score (nSPS) is 21.0. The number of rotatable bonds is 3. The molecular weight excluding hydrogens is 212 g/mol. The Morgan fingerprint density at radius 2 is 2.29 bits per heavy atom. The Kier molecular flexibility index (Phi) is 4.13. The fraction of sp³-hybridized carbons (Fsp3) is 0.571. The summed E-state index contributed by atoms with van der Waals surface area (Å²) in [5.41, 5.74) is 0.648. The number of hydrogen-bond acceptors (Lipinski definition) is 3. The first-order chi connectivity index (χ1) is 8.33. The van der Waals surface area contributed by atoms with E-state index in [4.69, 9.17) is 0 Å². The first-order valence-electron chi connectivity index (χ1n) is 6.49. The van der Waals surface area contributed by atoms with Crippen molar-refractivity contribution < 1.29 is 4.79 Å². The molecule has 1 aliphatic heterocycles. The summed E-state index contributed by atoms with van der Waals surface area (Å²) in [7, 11) is 0. The molecule has 0 aliphatic carbocycles. The number of aromatic nitrogens is 1. The summed E-state index contributed by atoms with van der Waals surface area (Å²) < 4.78 is 0. The maximum atomic E-state index is 10.6. The molecule has 92 valence electrons. The van der Waals surface area contributed by atoms with E-state index in [0.717, 1.165) is 31.1 Å². The fourth-order valence-electron chi connectivity index (χ4n) is 2.46. The van der Waals surface area contributed by atoms with E-state index in [1.165, 1.54) is 25.7 Å². The van der Waals surface area contributed by atoms with Crippen molar-refractivity contribution in [2.45, 2.75) is 32.6 Å². The van der Waals surface area contributed by atoms with Crippen molar-refractivity contribution in [1.29, 1.82) is 0 Å². The van der Waals surface area contributed by atoms with E-state index in [1.54, 1.807) is 6.20 Å². The number of nitrogens with zero attached hydrogens (tertiary/aromatic N) is 2. The van der Waals surface area contributed by atoms with Gasteiger partial charge < -0.3 is 4.90 Å². The summed E-state index contributed by atoms with van der Waals surface area (Å²) in [6.45, 7) is 4.45. The van der Waals surface area contributed by atoms with E-state index in [-0.39, 0.29) is 0 Å². The van der Waals surface area contributed by atoms with Gasteiger partial charge in [-0.15, -0.1) is 0 Å². The van der Waals surface area contributed by atoms with Gasteiger partial charge in [-0.05, 0) is 37.3 Å². The van der Waals surface area contributed by atoms with Gasteiger partial charge in [-0.2, -0.15) is 0 Å². The second kappa shape index (κ2) is 5.80. The van der Waals surface area contributed by atoms with Gasteiger partial charge in [-0.25, -0.2) is 4.98 Å². The summed E-state index contributed by atoms with van der Waals surface area (Å²) in [6, 6.07) is 3.80. The van der Waals surface area contributed by atoms with Gasteiger partial charge in [0.15, 0.2) is 6.29 Å². The number of pyridine rings is 1. The smallest absolute Gasteiger partial charge is 0.151 e. The van der Waals surface area contributed by atoms with E-state index in [1.807, 2.05) is 12.1 Å². The number of carbonyl (C=O) groups excluding carboxylic acids is 1. The van der Waals surface area contributed by atoms with Crippen LogP contribution >= 0.6 is 0 Å². The third-order valence-electron chi connectivity index (χ3n) is 3.66. The molecule has 2 rings (SSSR count). The van der Waals surface area contributed by atoms with Gasteiger partial charge >= 0.3 is 0 Å². The van der Waals surface area contributed by atoms with Crippen molar-refractivity contribution >= 4 is 12.1 Å². The van der Waals surface area contributed by atoms with Crippen LogP contribution in [0.1, 0.15) is 43.0 Å². The van der Waals surface area contributed by atoms with Crippen LogP contribution in [0.25, 0.3) is 0 Å². The minimum Gasteiger partial charge on any atom is -0.357 e. The van der Waals surface area contributed by atoms with Crippen molar-refractivity contribution in [1.82, 2.24) is 4.98 Å². The molecule has 1 aliphatic rings. The average molecular weight is 232 g/mol. The van der Waals surface area contributed by atoms with E-state index < -0.39 is 0 Å². The summed E-state index contributed by atoms with van der Waals surface area (Å²) in [6.07, 6.45) is 7.62. The molecule has 1 saturated heterocycles. The molecule has 2 heterocycles. The maximum absolute atomic E-state index is 10.6. The first-order valence-corrected chi connectivity index (χ1v) is 6.49. The van der Waals surface area contributed by atoms with Gasteiger partial charge in [-0.1, -0.05) is 13.3 Å². The summed E-state index contributed by atoms with van der Waals surface area (Å²) in [5.74, 6) is 1.88. The van der Waals surface area contributed by atoms with E-state index in [9.17, 15) is 4.79 Å². The van der Waals surface area contributed by atoms with Crippen LogP contribution in [0.15, 0.2) is 18.3 Å². The Morgan fingerprint density at radius 3 is 2.94 bits per heavy atom. The van der Waals surface area contributed by atoms with Crippen molar-refractivity contribution in [3.63, 3.8) is 0 Å². The molecule has 0 aromatic carbocycles. The molecule has 0 radical (unpaired) electrons. The highest BCUT2D eigenvalue weighted by Gasteiger charge is 2.16. The monoisotopic (exact) mass is 232 g/mol. The van der Waals surface area contributed by atoms with E-state index >= 15 is 0 Å². The van der Waals surface area contributed by atoms with E-state index in [2.05, 4.69) is 16.8 Å². The molecule has 0 amide bonds. The zero-order chi connectivity index (χ0) is 12.1. The SMILES string of the molecule is CCC1CCCN(c2ccc(C=O)cn2)CC1. The number of aldehydes is 1. The Hall–Kier alpha value is -1.38. The third kappa shape index (κ3) is 3.05. The van der Waals surface area contributed by atoms with Gasteiger partial charge in [-0.3, -0.25) is 4.79 Å². The standard InChI is InChI=1S/C14H20N2O/c1-2-12-4-3-8-16(9-7-12)14-6-5-13(11-17)10-15-14/h5-6,10-12H,2-4,7-9H2,1H3. The molecule has 0 N–H and O–H groups in total. The molecule has 1 aromatic rings. The summed E-state index contributed by atoms with van der Waals surface area (Å²) >= 11 is 0. The Balaban J connectivity index is 2.03. The second-order valence-electron chi connectivity index (χ2n) is 4.76. The molecule has 1 atom stereocenters. The Morgan fingerprint density at radius 1 is 1.41 bits per heavy atom. The van der Waals surface area contributed by atoms with Crippen LogP contribution in [0.4, 0.5) is 5.82 Å². The largest absolute Gasteiger partial charge is 0.357 e. The highest BCUT2D eigenvalue weighted by atomic mass is 16.1. The molecule has 1 unspecified atom stereocenters. The predicted octanol–water partition coefficient (Wildman–Crippen LogP) is 2.91. The molecule has 0 bridgehead atoms. The number of carbonyl (C=O) groups is 1. The predicted molar refractivity (Wildman–Crippen MR) is 69.5 cm³/mol. The van der Waals surface area contributed by atoms with Crippen molar-refractivity contribution in [3.8, 4) is 0 Å². The maximum Gasteiger partial charge on any atom is 0.151 e. The van der Waals surface area contributed by atoms with Crippen LogP contribution in [0.5, 0.6) is 0 Å². The van der Waals surface area contributed by atoms with Gasteiger partial charge in [0, 0.05) is 24.8 Å². The molecule has 3 nitrogen and oxygen atoms in total. The van der Waals surface area contributed by atoms with E-state index in [0.29, 0.717) is 5.56 Å². The quantitative estimate of drug-likeness (QED) is 0.751. The first kappa shape index (κ1) is 12.1. The molecule has 17 heavy (non-hydrogen) atoms. The molecule has 1 aromatic heterocycles. The molecule has 3 heteroatoms.